The Morgan fingerprint density at radius 2 is 1.49 bits per heavy atom. The Hall–Kier alpha value is -6.47. The number of carboxylic acid groups (broad SMARTS) is 2. The number of rotatable bonds is 25. The van der Waals surface area contributed by atoms with Crippen molar-refractivity contribution in [3.63, 3.8) is 0 Å². The lowest BCUT2D eigenvalue weighted by Crippen LogP contribution is -2.49. The van der Waals surface area contributed by atoms with Gasteiger partial charge in [0.25, 0.3) is 11.8 Å². The van der Waals surface area contributed by atoms with E-state index in [0.29, 0.717) is 24.2 Å². The van der Waals surface area contributed by atoms with Gasteiger partial charge in [-0.1, -0.05) is 51.1 Å². The maximum atomic E-state index is 15.2. The molecule has 18 nitrogen and oxygen atoms in total. The first-order valence-corrected chi connectivity index (χ1v) is 24.5. The highest BCUT2D eigenvalue weighted by atomic mass is 32.2. The number of hydrogen-bond acceptors (Lipinski definition) is 11. The van der Waals surface area contributed by atoms with Crippen LogP contribution >= 0.6 is 11.8 Å². The zero-order chi connectivity index (χ0) is 53.1. The molecule has 1 aromatic heterocycles. The van der Waals surface area contributed by atoms with E-state index in [-0.39, 0.29) is 60.7 Å². The quantitative estimate of drug-likeness (QED) is 0.0526. The molecule has 0 saturated heterocycles. The number of alkyl halides is 3. The highest BCUT2D eigenvalue weighted by Crippen LogP contribution is 2.41. The van der Waals surface area contributed by atoms with Crippen LogP contribution in [0.2, 0.25) is 0 Å². The summed E-state index contributed by atoms with van der Waals surface area (Å²) in [6, 6.07) is 12.7. The third-order valence-corrected chi connectivity index (χ3v) is 12.5. The van der Waals surface area contributed by atoms with Crippen molar-refractivity contribution in [1.82, 2.24) is 30.3 Å². The molecule has 0 saturated carbocycles. The predicted molar refractivity (Wildman–Crippen MR) is 252 cm³/mol. The van der Waals surface area contributed by atoms with Crippen LogP contribution in [0, 0.1) is 17.0 Å². The van der Waals surface area contributed by atoms with Crippen molar-refractivity contribution in [2.75, 3.05) is 55.7 Å². The third kappa shape index (κ3) is 19.7. The Kier molecular flexibility index (Phi) is 23.0. The molecule has 71 heavy (non-hydrogen) atoms. The molecule has 0 radical (unpaired) electrons. The van der Waals surface area contributed by atoms with Gasteiger partial charge in [-0.3, -0.25) is 42.7 Å². The molecule has 4 rings (SSSR count). The highest BCUT2D eigenvalue weighted by Gasteiger charge is 2.39. The van der Waals surface area contributed by atoms with Gasteiger partial charge >= 0.3 is 18.1 Å². The number of hydrogen-bond donors (Lipinski definition) is 6. The summed E-state index contributed by atoms with van der Waals surface area (Å²) in [5, 5.41) is 23.9. The fourth-order valence-electron chi connectivity index (χ4n) is 6.89. The number of nitrogens with zero attached hydrogens (tertiary/aromatic N) is 3. The van der Waals surface area contributed by atoms with Gasteiger partial charge in [0.2, 0.25) is 23.6 Å². The Morgan fingerprint density at radius 3 is 2.07 bits per heavy atom. The number of thioether (sulfide) groups is 1. The molecule has 3 atom stereocenters. The van der Waals surface area contributed by atoms with E-state index in [4.69, 9.17) is 20.7 Å². The van der Waals surface area contributed by atoms with Crippen LogP contribution in [-0.2, 0) is 55.7 Å². The van der Waals surface area contributed by atoms with Crippen molar-refractivity contribution in [2.45, 2.75) is 64.8 Å². The van der Waals surface area contributed by atoms with E-state index >= 15 is 4.39 Å². The van der Waals surface area contributed by atoms with Crippen LogP contribution in [0.3, 0.4) is 0 Å². The number of carbonyl (C=O) groups is 8. The van der Waals surface area contributed by atoms with E-state index in [1.54, 1.807) is 17.2 Å². The van der Waals surface area contributed by atoms with Gasteiger partial charge in [0.05, 0.1) is 18.2 Å². The summed E-state index contributed by atoms with van der Waals surface area (Å²) in [5.74, 6) is -8.98. The van der Waals surface area contributed by atoms with Crippen LogP contribution < -0.4 is 21.7 Å². The molecule has 2 heterocycles. The summed E-state index contributed by atoms with van der Waals surface area (Å²) in [4.78, 5) is 98.5. The number of aromatic nitrogens is 1. The second-order valence-electron chi connectivity index (χ2n) is 16.8. The average molecular weight is 1040 g/mol. The molecule has 6 amide bonds. The van der Waals surface area contributed by atoms with Crippen molar-refractivity contribution < 1.29 is 74.7 Å². The minimum absolute atomic E-state index is 0.00523. The summed E-state index contributed by atoms with van der Waals surface area (Å²) in [5.41, 5.74) is 7.42. The number of carboxylic acids is 2. The van der Waals surface area contributed by atoms with E-state index in [9.17, 15) is 55.3 Å². The number of amides is 6. The molecule has 2 aromatic carbocycles. The minimum atomic E-state index is -5.08. The van der Waals surface area contributed by atoms with Crippen LogP contribution in [0.1, 0.15) is 57.3 Å². The Bertz CT molecular complexity index is 2410. The molecule has 0 fully saturated rings. The van der Waals surface area contributed by atoms with Gasteiger partial charge in [0, 0.05) is 95.8 Å². The van der Waals surface area contributed by atoms with Crippen LogP contribution in [0.4, 0.5) is 22.0 Å². The monoisotopic (exact) mass is 1040 g/mol. The Labute approximate surface area is 412 Å². The van der Waals surface area contributed by atoms with Crippen molar-refractivity contribution in [2.24, 2.45) is 11.1 Å². The second kappa shape index (κ2) is 27.8. The van der Waals surface area contributed by atoms with Gasteiger partial charge in [-0.05, 0) is 48.2 Å². The van der Waals surface area contributed by atoms with Gasteiger partial charge in [0.15, 0.2) is 0 Å². The normalized spacial score (nSPS) is 13.7. The predicted octanol–water partition coefficient (Wildman–Crippen LogP) is 3.37. The largest absolute Gasteiger partial charge is 0.490 e. The molecular weight excluding hydrogens is 986 g/mol. The van der Waals surface area contributed by atoms with Crippen LogP contribution in [0.15, 0.2) is 72.9 Å². The van der Waals surface area contributed by atoms with Gasteiger partial charge in [-0.2, -0.15) is 13.2 Å². The van der Waals surface area contributed by atoms with Crippen molar-refractivity contribution in [3.8, 4) is 11.1 Å². The average Bonchev–Trinajstić information content (AvgIpc) is 3.84. The summed E-state index contributed by atoms with van der Waals surface area (Å²) < 4.78 is 75.9. The first-order chi connectivity index (χ1) is 33.3. The summed E-state index contributed by atoms with van der Waals surface area (Å²) in [6.45, 7) is 6.16. The SMILES string of the molecule is CC(C)(C)C(c1cc(-c2cc(F)ccc2F)cn1Cc1ccccc1)N(CCCN)C(=O)CSCC(NC(=O)CCC(=O)O)C(=O)NCCS(=O)CCNC(=O)CN1C(=O)C=CC1=O.O=C(O)C(F)(F)F. The maximum absolute atomic E-state index is 15.2. The van der Waals surface area contributed by atoms with Crippen molar-refractivity contribution >= 4 is 69.9 Å². The van der Waals surface area contributed by atoms with E-state index < -0.39 is 107 Å². The number of benzene rings is 2. The molecule has 7 N–H and O–H groups in total. The molecule has 3 aromatic rings. The topological polar surface area (TPSA) is 268 Å². The van der Waals surface area contributed by atoms with E-state index in [2.05, 4.69) is 16.0 Å². The number of imide groups is 1. The molecule has 3 unspecified atom stereocenters. The number of aliphatic carboxylic acids is 2. The van der Waals surface area contributed by atoms with Gasteiger partial charge < -0.3 is 41.4 Å². The number of halogens is 5. The summed E-state index contributed by atoms with van der Waals surface area (Å²) in [7, 11) is -1.52. The van der Waals surface area contributed by atoms with Gasteiger partial charge in [-0.15, -0.1) is 11.8 Å². The lowest BCUT2D eigenvalue weighted by Gasteiger charge is -2.41. The molecule has 388 valence electrons. The molecule has 1 aliphatic heterocycles. The number of nitrogens with one attached hydrogen (secondary N) is 3. The fraction of sp³-hybridized carbons (Fsp3) is 0.435. The van der Waals surface area contributed by atoms with Crippen LogP contribution in [0.25, 0.3) is 11.1 Å². The smallest absolute Gasteiger partial charge is 0.481 e. The fourth-order valence-corrected chi connectivity index (χ4v) is 8.68. The number of carbonyl (C=O) groups excluding carboxylic acids is 6. The lowest BCUT2D eigenvalue weighted by molar-refractivity contribution is -0.192. The van der Waals surface area contributed by atoms with Crippen LogP contribution in [0.5, 0.6) is 0 Å². The lowest BCUT2D eigenvalue weighted by atomic mass is 9.83. The first kappa shape index (κ1) is 58.8. The van der Waals surface area contributed by atoms with E-state index in [0.717, 1.165) is 52.6 Å². The molecule has 25 heteroatoms. The molecule has 0 spiro atoms. The Balaban J connectivity index is 0.00000176. The highest BCUT2D eigenvalue weighted by molar-refractivity contribution is 8.00. The van der Waals surface area contributed by atoms with E-state index in [1.807, 2.05) is 55.7 Å². The molecule has 1 aliphatic rings. The zero-order valence-corrected chi connectivity index (χ0v) is 40.6. The maximum Gasteiger partial charge on any atom is 0.490 e. The van der Waals surface area contributed by atoms with Crippen LogP contribution in [-0.4, -0.2) is 144 Å². The second-order valence-corrected chi connectivity index (χ2v) is 19.5. The zero-order valence-electron chi connectivity index (χ0n) is 39.0. The molecule has 0 aliphatic carbocycles. The minimum Gasteiger partial charge on any atom is -0.481 e. The van der Waals surface area contributed by atoms with Gasteiger partial charge in [0.1, 0.15) is 24.2 Å². The summed E-state index contributed by atoms with van der Waals surface area (Å²) in [6.07, 6.45) is -1.68. The molecular formula is C46H56F5N7O11S2. The van der Waals surface area contributed by atoms with Crippen molar-refractivity contribution in [1.29, 1.82) is 0 Å². The standard InChI is InChI=1S/C44H55F2N7O9S2.C2HF3O2/c1-44(2,3)42(35-22-30(32-23-31(45)10-11-33(32)46)25-51(35)24-29-8-5-4-6-9-29)52(19-7-16-47)40(58)28-63-27-34(50-36(54)12-15-41(59)60)43(61)49-18-21-64(62)20-17-48-37(55)26-53-38(56)13-14-39(53)57;3-2(4,5)1(6)7/h4-6,8-11,13-14,22-23,25,34,42H,7,12,15-21,24,26-28,47H2,1-3H3,(H,48,55)(H,49,61)(H,50,54)(H,59,60);(H,6,7). The van der Waals surface area contributed by atoms with Crippen molar-refractivity contribution in [3.05, 3.63) is 95.8 Å². The van der Waals surface area contributed by atoms with E-state index in [1.165, 1.54) is 0 Å². The summed E-state index contributed by atoms with van der Waals surface area (Å²) >= 11 is 1.06. The first-order valence-electron chi connectivity index (χ1n) is 21.8. The van der Waals surface area contributed by atoms with Gasteiger partial charge in [-0.25, -0.2) is 13.6 Å². The third-order valence-electron chi connectivity index (χ3n) is 10.2. The Morgan fingerprint density at radius 1 is 0.873 bits per heavy atom. The number of nitrogens with two attached hydrogens (primary N) is 1. The molecule has 0 bridgehead atoms.